The molecule has 0 radical (unpaired) electrons. The topological polar surface area (TPSA) is 55.6 Å². The molecule has 0 aromatic heterocycles. The van der Waals surface area contributed by atoms with Crippen LogP contribution >= 0.6 is 0 Å². The third-order valence-corrected chi connectivity index (χ3v) is 5.10. The highest BCUT2D eigenvalue weighted by atomic mass is 16.5. The maximum absolute atomic E-state index is 12.0. The van der Waals surface area contributed by atoms with Gasteiger partial charge in [-0.25, -0.2) is 0 Å². The molecule has 3 rings (SSSR count). The van der Waals surface area contributed by atoms with Gasteiger partial charge < -0.3 is 10.5 Å². The van der Waals surface area contributed by atoms with E-state index in [2.05, 4.69) is 4.90 Å². The number of hydrogen-bond donors (Lipinski definition) is 1. The zero-order chi connectivity index (χ0) is 14.2. The molecule has 0 aromatic carbocycles. The van der Waals surface area contributed by atoms with Crippen LogP contribution in [-0.2, 0) is 9.53 Å². The van der Waals surface area contributed by atoms with Crippen molar-refractivity contribution in [3.8, 4) is 0 Å². The smallest absolute Gasteiger partial charge is 0.326 e. The van der Waals surface area contributed by atoms with Crippen LogP contribution in [0, 0.1) is 11.8 Å². The molecule has 0 saturated heterocycles. The SMILES string of the molecule is CCOC(=O)C1(N)CCC(N(CC2CC2)CC2CC2)C1. The van der Waals surface area contributed by atoms with E-state index >= 15 is 0 Å². The first kappa shape index (κ1) is 14.3. The Morgan fingerprint density at radius 2 is 1.80 bits per heavy atom. The van der Waals surface area contributed by atoms with Crippen molar-refractivity contribution in [2.24, 2.45) is 17.6 Å². The van der Waals surface area contributed by atoms with Crippen molar-refractivity contribution in [2.45, 2.75) is 63.5 Å². The second-order valence-electron chi connectivity index (χ2n) is 7.11. The molecule has 3 fully saturated rings. The van der Waals surface area contributed by atoms with Crippen LogP contribution < -0.4 is 5.73 Å². The maximum Gasteiger partial charge on any atom is 0.326 e. The molecule has 3 saturated carbocycles. The zero-order valence-corrected chi connectivity index (χ0v) is 12.6. The van der Waals surface area contributed by atoms with Crippen LogP contribution in [0.15, 0.2) is 0 Å². The van der Waals surface area contributed by atoms with E-state index in [4.69, 9.17) is 10.5 Å². The van der Waals surface area contributed by atoms with Gasteiger partial charge in [-0.1, -0.05) is 0 Å². The molecule has 2 unspecified atom stereocenters. The van der Waals surface area contributed by atoms with Gasteiger partial charge in [0.05, 0.1) is 6.61 Å². The second kappa shape index (κ2) is 5.64. The third-order valence-electron chi connectivity index (χ3n) is 5.10. The van der Waals surface area contributed by atoms with E-state index in [0.29, 0.717) is 12.6 Å². The van der Waals surface area contributed by atoms with Crippen molar-refractivity contribution in [3.05, 3.63) is 0 Å². The molecule has 0 heterocycles. The Morgan fingerprint density at radius 3 is 2.30 bits per heavy atom. The molecule has 114 valence electrons. The first-order valence-electron chi connectivity index (χ1n) is 8.31. The quantitative estimate of drug-likeness (QED) is 0.724. The average molecular weight is 280 g/mol. The van der Waals surface area contributed by atoms with Crippen molar-refractivity contribution in [1.82, 2.24) is 4.90 Å². The van der Waals surface area contributed by atoms with Gasteiger partial charge in [0.15, 0.2) is 0 Å². The first-order chi connectivity index (χ1) is 9.60. The molecule has 2 N–H and O–H groups in total. The summed E-state index contributed by atoms with van der Waals surface area (Å²) in [6.45, 7) is 4.72. The van der Waals surface area contributed by atoms with Crippen LogP contribution in [0.2, 0.25) is 0 Å². The summed E-state index contributed by atoms with van der Waals surface area (Å²) in [6, 6.07) is 0.491. The van der Waals surface area contributed by atoms with E-state index in [0.717, 1.165) is 31.1 Å². The minimum absolute atomic E-state index is 0.194. The molecule has 3 aliphatic rings. The summed E-state index contributed by atoms with van der Waals surface area (Å²) >= 11 is 0. The van der Waals surface area contributed by atoms with Crippen LogP contribution in [0.4, 0.5) is 0 Å². The summed E-state index contributed by atoms with van der Waals surface area (Å²) in [6.07, 6.45) is 8.17. The Bertz CT molecular complexity index is 351. The summed E-state index contributed by atoms with van der Waals surface area (Å²) in [5.74, 6) is 1.62. The highest BCUT2D eigenvalue weighted by Crippen LogP contribution is 2.39. The van der Waals surface area contributed by atoms with Gasteiger partial charge >= 0.3 is 5.97 Å². The van der Waals surface area contributed by atoms with Crippen molar-refractivity contribution in [2.75, 3.05) is 19.7 Å². The number of hydrogen-bond acceptors (Lipinski definition) is 4. The number of carbonyl (C=O) groups excluding carboxylic acids is 1. The Labute approximate surface area is 122 Å². The highest BCUT2D eigenvalue weighted by molar-refractivity contribution is 5.81. The Morgan fingerprint density at radius 1 is 1.20 bits per heavy atom. The predicted octanol–water partition coefficient (Wildman–Crippen LogP) is 1.92. The number of ether oxygens (including phenoxy) is 1. The number of esters is 1. The number of rotatable bonds is 7. The van der Waals surface area contributed by atoms with E-state index in [1.54, 1.807) is 0 Å². The average Bonchev–Trinajstić information content (AvgIpc) is 3.33. The van der Waals surface area contributed by atoms with E-state index in [1.165, 1.54) is 38.8 Å². The lowest BCUT2D eigenvalue weighted by molar-refractivity contribution is -0.149. The van der Waals surface area contributed by atoms with E-state index < -0.39 is 5.54 Å². The maximum atomic E-state index is 12.0. The standard InChI is InChI=1S/C16H28N2O2/c1-2-20-15(19)16(17)8-7-14(9-16)18(10-12-3-4-12)11-13-5-6-13/h12-14H,2-11,17H2,1H3. The van der Waals surface area contributed by atoms with Crippen molar-refractivity contribution < 1.29 is 9.53 Å². The van der Waals surface area contributed by atoms with Gasteiger partial charge in [0.1, 0.15) is 5.54 Å². The van der Waals surface area contributed by atoms with Gasteiger partial charge in [-0.05, 0) is 63.7 Å². The summed E-state index contributed by atoms with van der Waals surface area (Å²) in [5.41, 5.74) is 5.58. The molecule has 3 aliphatic carbocycles. The molecule has 4 heteroatoms. The van der Waals surface area contributed by atoms with Crippen LogP contribution in [0.5, 0.6) is 0 Å². The zero-order valence-electron chi connectivity index (χ0n) is 12.6. The van der Waals surface area contributed by atoms with E-state index in [-0.39, 0.29) is 5.97 Å². The van der Waals surface area contributed by atoms with Gasteiger partial charge in [-0.15, -0.1) is 0 Å². The molecule has 4 nitrogen and oxygen atoms in total. The monoisotopic (exact) mass is 280 g/mol. The van der Waals surface area contributed by atoms with Crippen LogP contribution in [0.25, 0.3) is 0 Å². The summed E-state index contributed by atoms with van der Waals surface area (Å²) < 4.78 is 5.16. The third kappa shape index (κ3) is 3.34. The molecular weight excluding hydrogens is 252 g/mol. The minimum atomic E-state index is -0.730. The summed E-state index contributed by atoms with van der Waals surface area (Å²) in [7, 11) is 0. The summed E-state index contributed by atoms with van der Waals surface area (Å²) in [4.78, 5) is 14.7. The Balaban J connectivity index is 1.58. The Hall–Kier alpha value is -0.610. The number of nitrogens with zero attached hydrogens (tertiary/aromatic N) is 1. The lowest BCUT2D eigenvalue weighted by Crippen LogP contribution is -2.48. The van der Waals surface area contributed by atoms with E-state index in [1.807, 2.05) is 6.92 Å². The fraction of sp³-hybridized carbons (Fsp3) is 0.938. The Kier molecular flexibility index (Phi) is 4.04. The molecule has 0 amide bonds. The minimum Gasteiger partial charge on any atom is -0.465 e. The molecule has 0 aromatic rings. The van der Waals surface area contributed by atoms with Crippen LogP contribution in [0.1, 0.15) is 51.9 Å². The lowest BCUT2D eigenvalue weighted by Gasteiger charge is -2.30. The molecular formula is C16H28N2O2. The molecule has 0 spiro atoms. The van der Waals surface area contributed by atoms with E-state index in [9.17, 15) is 4.79 Å². The second-order valence-corrected chi connectivity index (χ2v) is 7.11. The van der Waals surface area contributed by atoms with Crippen LogP contribution in [-0.4, -0.2) is 42.1 Å². The fourth-order valence-electron chi connectivity index (χ4n) is 3.46. The van der Waals surface area contributed by atoms with Gasteiger partial charge in [-0.2, -0.15) is 0 Å². The van der Waals surface area contributed by atoms with Gasteiger partial charge in [0.2, 0.25) is 0 Å². The lowest BCUT2D eigenvalue weighted by atomic mass is 9.99. The van der Waals surface area contributed by atoms with Gasteiger partial charge in [0, 0.05) is 19.1 Å². The fourth-order valence-corrected chi connectivity index (χ4v) is 3.46. The molecule has 0 bridgehead atoms. The normalized spacial score (nSPS) is 33.6. The predicted molar refractivity (Wildman–Crippen MR) is 78.2 cm³/mol. The largest absolute Gasteiger partial charge is 0.465 e. The van der Waals surface area contributed by atoms with Gasteiger partial charge in [-0.3, -0.25) is 9.69 Å². The molecule has 0 aliphatic heterocycles. The molecule has 2 atom stereocenters. The van der Waals surface area contributed by atoms with Crippen molar-refractivity contribution in [1.29, 1.82) is 0 Å². The molecule has 20 heavy (non-hydrogen) atoms. The highest BCUT2D eigenvalue weighted by Gasteiger charge is 2.46. The van der Waals surface area contributed by atoms with Gasteiger partial charge in [0.25, 0.3) is 0 Å². The number of carbonyl (C=O) groups is 1. The first-order valence-corrected chi connectivity index (χ1v) is 8.31. The van der Waals surface area contributed by atoms with Crippen molar-refractivity contribution >= 4 is 5.97 Å². The number of nitrogens with two attached hydrogens (primary N) is 1. The van der Waals surface area contributed by atoms with Crippen molar-refractivity contribution in [3.63, 3.8) is 0 Å². The summed E-state index contributed by atoms with van der Waals surface area (Å²) in [5, 5.41) is 0. The van der Waals surface area contributed by atoms with Crippen LogP contribution in [0.3, 0.4) is 0 Å².